The van der Waals surface area contributed by atoms with Crippen molar-refractivity contribution in [3.63, 3.8) is 0 Å². The molecular formula is C10H18N2O2. The highest BCUT2D eigenvalue weighted by atomic mass is 16.1. The lowest BCUT2D eigenvalue weighted by molar-refractivity contribution is 0.562. The van der Waals surface area contributed by atoms with Crippen LogP contribution in [0.15, 0.2) is 12.7 Å². The summed E-state index contributed by atoms with van der Waals surface area (Å²) in [6.45, 7) is 5.89. The average molecular weight is 198 g/mol. The molecule has 80 valence electrons. The van der Waals surface area contributed by atoms with E-state index in [0.717, 1.165) is 12.2 Å². The van der Waals surface area contributed by atoms with E-state index >= 15 is 0 Å². The van der Waals surface area contributed by atoms with E-state index in [-0.39, 0.29) is 0 Å². The molecule has 0 aliphatic carbocycles. The van der Waals surface area contributed by atoms with Crippen molar-refractivity contribution in [2.45, 2.75) is 39.0 Å². The summed E-state index contributed by atoms with van der Waals surface area (Å²) in [4.78, 5) is 16.7. The molecule has 0 aromatic rings. The van der Waals surface area contributed by atoms with Crippen molar-refractivity contribution in [2.75, 3.05) is 0 Å². The summed E-state index contributed by atoms with van der Waals surface area (Å²) in [7, 11) is 0. The number of carbonyl (C=O) groups excluding carboxylic acids is 2. The lowest BCUT2D eigenvalue weighted by Gasteiger charge is -1.91. The maximum absolute atomic E-state index is 8.35. The number of unbranched alkanes of at least 4 members (excludes halogenated alkanes) is 4. The van der Waals surface area contributed by atoms with Gasteiger partial charge >= 0.3 is 0 Å². The second kappa shape index (κ2) is 30.0. The first kappa shape index (κ1) is 18.3. The molecule has 0 saturated heterocycles. The van der Waals surface area contributed by atoms with Crippen molar-refractivity contribution in [3.05, 3.63) is 12.7 Å². The topological polar surface area (TPSA) is 81.8 Å². The molecule has 0 aliphatic rings. The van der Waals surface area contributed by atoms with Crippen LogP contribution in [0.25, 0.3) is 0 Å². The van der Waals surface area contributed by atoms with Gasteiger partial charge in [-0.3, -0.25) is 0 Å². The Kier molecular flexibility index (Phi) is 39.3. The van der Waals surface area contributed by atoms with Crippen molar-refractivity contribution in [3.8, 4) is 0 Å². The maximum Gasteiger partial charge on any atom is 0.231 e. The minimum Gasteiger partial charge on any atom is -0.222 e. The fraction of sp³-hybridized carbons (Fsp3) is 0.600. The van der Waals surface area contributed by atoms with Gasteiger partial charge in [0.25, 0.3) is 0 Å². The molecule has 2 N–H and O–H groups in total. The van der Waals surface area contributed by atoms with Crippen LogP contribution in [0.5, 0.6) is 0 Å². The molecule has 0 aromatic heterocycles. The molecule has 0 amide bonds. The van der Waals surface area contributed by atoms with E-state index < -0.39 is 0 Å². The standard InChI is InChI=1S/C8H16.2CHNO/c1-3-5-7-8-6-4-2;2*2-1-3/h3H,1,4-8H2,2H3;2*2H. The molecule has 0 spiro atoms. The molecule has 0 saturated carbocycles. The lowest BCUT2D eigenvalue weighted by Crippen LogP contribution is -1.71. The monoisotopic (exact) mass is 198 g/mol. The molecule has 0 rings (SSSR count). The SMILES string of the molecule is C=CCCCCCC.N=C=O.N=C=O. The predicted octanol–water partition coefficient (Wildman–Crippen LogP) is 2.94. The van der Waals surface area contributed by atoms with Gasteiger partial charge in [-0.15, -0.1) is 6.58 Å². The maximum atomic E-state index is 8.35. The van der Waals surface area contributed by atoms with Crippen molar-refractivity contribution < 1.29 is 9.59 Å². The molecule has 0 fully saturated rings. The molecule has 4 heteroatoms. The summed E-state index contributed by atoms with van der Waals surface area (Å²) in [5.74, 6) is 0. The lowest BCUT2D eigenvalue weighted by atomic mass is 10.2. The minimum atomic E-state index is 0.750. The van der Waals surface area contributed by atoms with Crippen LogP contribution in [0.4, 0.5) is 0 Å². The smallest absolute Gasteiger partial charge is 0.222 e. The van der Waals surface area contributed by atoms with Gasteiger partial charge in [-0.25, -0.2) is 20.4 Å². The number of rotatable bonds is 5. The number of allylic oxidation sites excluding steroid dienone is 1. The minimum absolute atomic E-state index is 0.750. The third-order valence-electron chi connectivity index (χ3n) is 1.26. The zero-order valence-electron chi connectivity index (χ0n) is 8.64. The van der Waals surface area contributed by atoms with E-state index in [1.807, 2.05) is 6.08 Å². The molecule has 0 unspecified atom stereocenters. The van der Waals surface area contributed by atoms with Crippen molar-refractivity contribution >= 4 is 12.2 Å². The Morgan fingerprint density at radius 2 is 1.57 bits per heavy atom. The zero-order chi connectivity index (χ0) is 11.7. The summed E-state index contributed by atoms with van der Waals surface area (Å²) in [6.07, 6.45) is 10.1. The van der Waals surface area contributed by atoms with Crippen LogP contribution in [0.3, 0.4) is 0 Å². The van der Waals surface area contributed by atoms with Gasteiger partial charge in [0.05, 0.1) is 0 Å². The van der Waals surface area contributed by atoms with E-state index in [9.17, 15) is 0 Å². The third-order valence-corrected chi connectivity index (χ3v) is 1.26. The number of isocyanates is 2. The molecule has 4 nitrogen and oxygen atoms in total. The first-order chi connectivity index (χ1) is 6.74. The van der Waals surface area contributed by atoms with Gasteiger partial charge in [0.2, 0.25) is 12.2 Å². The fourth-order valence-corrected chi connectivity index (χ4v) is 0.715. The van der Waals surface area contributed by atoms with Crippen LogP contribution in [0.2, 0.25) is 0 Å². The highest BCUT2D eigenvalue weighted by Gasteiger charge is 1.81. The second-order valence-corrected chi connectivity index (χ2v) is 2.34. The number of hydrogen-bond acceptors (Lipinski definition) is 4. The Labute approximate surface area is 85.0 Å². The van der Waals surface area contributed by atoms with Gasteiger partial charge in [0.15, 0.2) is 0 Å². The Bertz CT molecular complexity index is 155. The average Bonchev–Trinajstić information content (AvgIpc) is 2.15. The summed E-state index contributed by atoms with van der Waals surface area (Å²) < 4.78 is 0. The molecular weight excluding hydrogens is 180 g/mol. The van der Waals surface area contributed by atoms with E-state index in [4.69, 9.17) is 20.4 Å². The van der Waals surface area contributed by atoms with Crippen molar-refractivity contribution in [1.29, 1.82) is 10.8 Å². The Morgan fingerprint density at radius 3 is 1.86 bits per heavy atom. The van der Waals surface area contributed by atoms with Crippen LogP contribution in [0, 0.1) is 10.8 Å². The second-order valence-electron chi connectivity index (χ2n) is 2.34. The Hall–Kier alpha value is -1.50. The van der Waals surface area contributed by atoms with Crippen LogP contribution in [-0.2, 0) is 9.59 Å². The quantitative estimate of drug-likeness (QED) is 0.308. The summed E-state index contributed by atoms with van der Waals surface area (Å²) in [5, 5.41) is 10.8. The summed E-state index contributed by atoms with van der Waals surface area (Å²) in [5.41, 5.74) is 0. The Balaban J connectivity index is -0.000000168. The van der Waals surface area contributed by atoms with Gasteiger partial charge in [-0.1, -0.05) is 32.3 Å². The van der Waals surface area contributed by atoms with Gasteiger partial charge in [-0.05, 0) is 12.8 Å². The van der Waals surface area contributed by atoms with E-state index in [0.29, 0.717) is 0 Å². The van der Waals surface area contributed by atoms with Gasteiger partial charge in [0, 0.05) is 0 Å². The summed E-state index contributed by atoms with van der Waals surface area (Å²) in [6, 6.07) is 0. The van der Waals surface area contributed by atoms with E-state index in [1.165, 1.54) is 32.1 Å². The van der Waals surface area contributed by atoms with Crippen LogP contribution >= 0.6 is 0 Å². The molecule has 0 heterocycles. The highest BCUT2D eigenvalue weighted by molar-refractivity contribution is 5.26. The number of nitrogens with one attached hydrogen (secondary N) is 2. The number of hydrogen-bond donors (Lipinski definition) is 2. The van der Waals surface area contributed by atoms with Crippen LogP contribution in [0.1, 0.15) is 39.0 Å². The van der Waals surface area contributed by atoms with E-state index in [1.54, 1.807) is 0 Å². The van der Waals surface area contributed by atoms with Crippen LogP contribution < -0.4 is 0 Å². The fourth-order valence-electron chi connectivity index (χ4n) is 0.715. The van der Waals surface area contributed by atoms with E-state index in [2.05, 4.69) is 13.5 Å². The summed E-state index contributed by atoms with van der Waals surface area (Å²) >= 11 is 0. The largest absolute Gasteiger partial charge is 0.231 e. The Morgan fingerprint density at radius 1 is 1.14 bits per heavy atom. The van der Waals surface area contributed by atoms with Gasteiger partial charge in [0.1, 0.15) is 0 Å². The van der Waals surface area contributed by atoms with Gasteiger partial charge in [-0.2, -0.15) is 0 Å². The van der Waals surface area contributed by atoms with Crippen molar-refractivity contribution in [2.24, 2.45) is 0 Å². The predicted molar refractivity (Wildman–Crippen MR) is 55.8 cm³/mol. The van der Waals surface area contributed by atoms with Crippen LogP contribution in [-0.4, -0.2) is 12.2 Å². The molecule has 0 aliphatic heterocycles. The first-order valence-electron chi connectivity index (χ1n) is 4.43. The molecule has 0 atom stereocenters. The highest BCUT2D eigenvalue weighted by Crippen LogP contribution is 2.01. The molecule has 14 heavy (non-hydrogen) atoms. The molecule has 0 radical (unpaired) electrons. The normalized spacial score (nSPS) is 6.36. The third kappa shape index (κ3) is 77.4. The zero-order valence-corrected chi connectivity index (χ0v) is 8.64. The molecule has 0 aromatic carbocycles. The van der Waals surface area contributed by atoms with Gasteiger partial charge < -0.3 is 0 Å². The van der Waals surface area contributed by atoms with Crippen molar-refractivity contribution in [1.82, 2.24) is 0 Å². The molecule has 0 bridgehead atoms. The first-order valence-corrected chi connectivity index (χ1v) is 4.43.